The molecule has 1 heterocycles. The maximum Gasteiger partial charge on any atom is 0.240 e. The summed E-state index contributed by atoms with van der Waals surface area (Å²) in [4.78, 5) is 32.9. The Kier molecular flexibility index (Phi) is 5.67. The van der Waals surface area contributed by atoms with Gasteiger partial charge in [0.1, 0.15) is 11.2 Å². The van der Waals surface area contributed by atoms with Crippen molar-refractivity contribution >= 4 is 23.5 Å². The molecule has 0 atom stereocenters. The van der Waals surface area contributed by atoms with Crippen LogP contribution >= 0.6 is 0 Å². The molecule has 0 radical (unpaired) electrons. The molecule has 1 aliphatic carbocycles. The summed E-state index contributed by atoms with van der Waals surface area (Å²) >= 11 is 0. The molecule has 1 aliphatic rings. The Balaban J connectivity index is 1.37. The SMILES string of the molecule is Nc1nccc(Oc2ccc(NC(=O)C3(C(=O)NCc4ccc(F)cc4)CC3)cc2F)n1. The quantitative estimate of drug-likeness (QED) is 0.487. The molecule has 8 nitrogen and oxygen atoms in total. The lowest BCUT2D eigenvalue weighted by molar-refractivity contribution is -0.134. The zero-order valence-electron chi connectivity index (χ0n) is 16.8. The molecule has 4 N–H and O–H groups in total. The van der Waals surface area contributed by atoms with E-state index in [1.165, 1.54) is 36.5 Å². The summed E-state index contributed by atoms with van der Waals surface area (Å²) in [7, 11) is 0. The van der Waals surface area contributed by atoms with E-state index in [9.17, 15) is 18.4 Å². The minimum Gasteiger partial charge on any atom is -0.436 e. The Labute approximate surface area is 181 Å². The fourth-order valence-electron chi connectivity index (χ4n) is 3.07. The fraction of sp³-hybridized carbons (Fsp3) is 0.182. The third-order valence-electron chi connectivity index (χ3n) is 5.04. The van der Waals surface area contributed by atoms with Gasteiger partial charge in [-0.15, -0.1) is 0 Å². The molecule has 1 saturated carbocycles. The lowest BCUT2D eigenvalue weighted by atomic mass is 10.0. The number of carbonyl (C=O) groups excluding carboxylic acids is 2. The highest BCUT2D eigenvalue weighted by molar-refractivity contribution is 6.13. The number of benzene rings is 2. The van der Waals surface area contributed by atoms with Crippen molar-refractivity contribution < 1.29 is 23.1 Å². The van der Waals surface area contributed by atoms with Crippen LogP contribution in [-0.2, 0) is 16.1 Å². The standard InChI is InChI=1S/C22H19F2N5O3/c23-14-3-1-13(2-4-14)12-27-19(30)22(8-9-22)20(31)28-15-5-6-17(16(24)11-15)32-18-7-10-26-21(25)29-18/h1-7,10-11H,8-9,12H2,(H,27,30)(H,28,31)(H2,25,26,29). The molecule has 0 bridgehead atoms. The van der Waals surface area contributed by atoms with E-state index in [-0.39, 0.29) is 35.6 Å². The molecule has 164 valence electrons. The summed E-state index contributed by atoms with van der Waals surface area (Å²) in [6.45, 7) is 0.169. The van der Waals surface area contributed by atoms with Gasteiger partial charge in [-0.1, -0.05) is 12.1 Å². The minimum atomic E-state index is -1.20. The number of halogens is 2. The second-order valence-electron chi connectivity index (χ2n) is 7.35. The lowest BCUT2D eigenvalue weighted by Crippen LogP contribution is -2.39. The zero-order chi connectivity index (χ0) is 22.7. The molecular formula is C22H19F2N5O3. The monoisotopic (exact) mass is 439 g/mol. The van der Waals surface area contributed by atoms with Gasteiger partial charge >= 0.3 is 0 Å². The average Bonchev–Trinajstić information content (AvgIpc) is 3.57. The van der Waals surface area contributed by atoms with Gasteiger partial charge in [-0.3, -0.25) is 9.59 Å². The van der Waals surface area contributed by atoms with E-state index < -0.39 is 23.0 Å². The van der Waals surface area contributed by atoms with Crippen LogP contribution in [0.1, 0.15) is 18.4 Å². The average molecular weight is 439 g/mol. The van der Waals surface area contributed by atoms with Gasteiger partial charge in [-0.05, 0) is 42.7 Å². The van der Waals surface area contributed by atoms with Gasteiger partial charge in [0.25, 0.3) is 0 Å². The van der Waals surface area contributed by atoms with Crippen LogP contribution < -0.4 is 21.1 Å². The summed E-state index contributed by atoms with van der Waals surface area (Å²) in [5.41, 5.74) is 5.15. The minimum absolute atomic E-state index is 0.0146. The molecule has 0 saturated heterocycles. The van der Waals surface area contributed by atoms with Crippen LogP contribution in [0.5, 0.6) is 11.6 Å². The summed E-state index contributed by atoms with van der Waals surface area (Å²) < 4.78 is 32.8. The highest BCUT2D eigenvalue weighted by Gasteiger charge is 2.56. The van der Waals surface area contributed by atoms with Gasteiger partial charge in [0.2, 0.25) is 23.6 Å². The van der Waals surface area contributed by atoms with E-state index in [1.807, 2.05) is 0 Å². The highest BCUT2D eigenvalue weighted by Crippen LogP contribution is 2.47. The highest BCUT2D eigenvalue weighted by atomic mass is 19.1. The predicted molar refractivity (Wildman–Crippen MR) is 111 cm³/mol. The Morgan fingerprint density at radius 2 is 1.81 bits per heavy atom. The van der Waals surface area contributed by atoms with Crippen molar-refractivity contribution in [2.45, 2.75) is 19.4 Å². The predicted octanol–water partition coefficient (Wildman–Crippen LogP) is 3.16. The first-order valence-corrected chi connectivity index (χ1v) is 9.76. The van der Waals surface area contributed by atoms with Crippen LogP contribution in [0.4, 0.5) is 20.4 Å². The summed E-state index contributed by atoms with van der Waals surface area (Å²) in [6, 6.07) is 11.0. The van der Waals surface area contributed by atoms with Gasteiger partial charge < -0.3 is 21.1 Å². The maximum atomic E-state index is 14.4. The van der Waals surface area contributed by atoms with Crippen LogP contribution in [0.2, 0.25) is 0 Å². The number of nitrogens with one attached hydrogen (secondary N) is 2. The van der Waals surface area contributed by atoms with Crippen molar-refractivity contribution in [1.29, 1.82) is 0 Å². The first kappa shape index (κ1) is 21.2. The molecule has 0 aliphatic heterocycles. The Morgan fingerprint density at radius 3 is 2.47 bits per heavy atom. The lowest BCUT2D eigenvalue weighted by Gasteiger charge is -2.16. The molecule has 2 aromatic carbocycles. The second kappa shape index (κ2) is 8.58. The number of nitrogens with zero attached hydrogens (tertiary/aromatic N) is 2. The van der Waals surface area contributed by atoms with Crippen molar-refractivity contribution in [3.63, 3.8) is 0 Å². The number of amides is 2. The summed E-state index contributed by atoms with van der Waals surface area (Å²) in [5.74, 6) is -2.11. The van der Waals surface area contributed by atoms with E-state index in [0.29, 0.717) is 18.4 Å². The summed E-state index contributed by atoms with van der Waals surface area (Å²) in [6.07, 6.45) is 2.14. The Bertz CT molecular complexity index is 1170. The molecular weight excluding hydrogens is 420 g/mol. The summed E-state index contributed by atoms with van der Waals surface area (Å²) in [5, 5.41) is 5.28. The number of anilines is 2. The van der Waals surface area contributed by atoms with Crippen molar-refractivity contribution in [1.82, 2.24) is 15.3 Å². The van der Waals surface area contributed by atoms with Crippen molar-refractivity contribution in [3.05, 3.63) is 71.9 Å². The molecule has 10 heteroatoms. The van der Waals surface area contributed by atoms with Crippen molar-refractivity contribution in [2.24, 2.45) is 5.41 Å². The molecule has 3 aromatic rings. The molecule has 1 fully saturated rings. The molecule has 2 amide bonds. The number of ether oxygens (including phenoxy) is 1. The first-order chi connectivity index (χ1) is 15.4. The maximum absolute atomic E-state index is 14.4. The van der Waals surface area contributed by atoms with Crippen LogP contribution in [0, 0.1) is 17.0 Å². The third kappa shape index (κ3) is 4.64. The first-order valence-electron chi connectivity index (χ1n) is 9.76. The fourth-order valence-corrected chi connectivity index (χ4v) is 3.07. The third-order valence-corrected chi connectivity index (χ3v) is 5.04. The van der Waals surface area contributed by atoms with Crippen LogP contribution in [-0.4, -0.2) is 21.8 Å². The Morgan fingerprint density at radius 1 is 1.06 bits per heavy atom. The number of nitrogen functional groups attached to an aromatic ring is 1. The van der Waals surface area contributed by atoms with E-state index in [1.54, 1.807) is 12.1 Å². The molecule has 32 heavy (non-hydrogen) atoms. The zero-order valence-corrected chi connectivity index (χ0v) is 16.8. The molecule has 1 aromatic heterocycles. The van der Waals surface area contributed by atoms with Crippen molar-refractivity contribution in [2.75, 3.05) is 11.1 Å². The number of carbonyl (C=O) groups is 2. The van der Waals surface area contributed by atoms with Gasteiger partial charge in [-0.25, -0.2) is 13.8 Å². The van der Waals surface area contributed by atoms with Crippen LogP contribution in [0.15, 0.2) is 54.7 Å². The number of aromatic nitrogens is 2. The van der Waals surface area contributed by atoms with Crippen LogP contribution in [0.25, 0.3) is 0 Å². The second-order valence-corrected chi connectivity index (χ2v) is 7.35. The smallest absolute Gasteiger partial charge is 0.240 e. The molecule has 0 spiro atoms. The Hall–Kier alpha value is -4.08. The number of nitrogens with two attached hydrogens (primary N) is 1. The van der Waals surface area contributed by atoms with E-state index in [0.717, 1.165) is 6.07 Å². The largest absolute Gasteiger partial charge is 0.436 e. The number of rotatable bonds is 7. The van der Waals surface area contributed by atoms with E-state index in [2.05, 4.69) is 20.6 Å². The van der Waals surface area contributed by atoms with Crippen LogP contribution in [0.3, 0.4) is 0 Å². The van der Waals surface area contributed by atoms with Gasteiger partial charge in [0.05, 0.1) is 0 Å². The topological polar surface area (TPSA) is 119 Å². The number of hydrogen-bond acceptors (Lipinski definition) is 6. The van der Waals surface area contributed by atoms with Gasteiger partial charge in [0, 0.05) is 30.6 Å². The van der Waals surface area contributed by atoms with Gasteiger partial charge in [0.15, 0.2) is 11.6 Å². The van der Waals surface area contributed by atoms with E-state index >= 15 is 0 Å². The number of hydrogen-bond donors (Lipinski definition) is 3. The van der Waals surface area contributed by atoms with Gasteiger partial charge in [-0.2, -0.15) is 4.98 Å². The normalized spacial score (nSPS) is 13.8. The van der Waals surface area contributed by atoms with E-state index in [4.69, 9.17) is 10.5 Å². The van der Waals surface area contributed by atoms with Crippen molar-refractivity contribution in [3.8, 4) is 11.6 Å². The molecule has 0 unspecified atom stereocenters. The molecule has 4 rings (SSSR count).